The van der Waals surface area contributed by atoms with Crippen molar-refractivity contribution in [2.45, 2.75) is 38.8 Å². The van der Waals surface area contributed by atoms with E-state index in [9.17, 15) is 13.6 Å². The Labute approximate surface area is 105 Å². The summed E-state index contributed by atoms with van der Waals surface area (Å²) in [7, 11) is 0. The molecule has 0 spiro atoms. The van der Waals surface area contributed by atoms with Gasteiger partial charge in [0.25, 0.3) is 0 Å². The van der Waals surface area contributed by atoms with Crippen LogP contribution in [-0.2, 0) is 11.5 Å². The van der Waals surface area contributed by atoms with Crippen molar-refractivity contribution < 1.29 is 18.7 Å². The summed E-state index contributed by atoms with van der Waals surface area (Å²) in [6.45, 7) is 0.831. The number of rotatable bonds is 5. The summed E-state index contributed by atoms with van der Waals surface area (Å²) in [5.41, 5.74) is 1.32. The maximum absolute atomic E-state index is 13.7. The SMILES string of the molecule is Cc1cc(C(CC(=O)O)C2CC2)cc(F)c1CF. The topological polar surface area (TPSA) is 37.3 Å². The summed E-state index contributed by atoms with van der Waals surface area (Å²) in [5.74, 6) is -1.26. The summed E-state index contributed by atoms with van der Waals surface area (Å²) in [6, 6.07) is 3.03. The Bertz CT molecular complexity index is 444. The van der Waals surface area contributed by atoms with Crippen LogP contribution in [0, 0.1) is 18.7 Å². The molecule has 0 radical (unpaired) electrons. The Hall–Kier alpha value is -1.45. The van der Waals surface area contributed by atoms with Crippen molar-refractivity contribution >= 4 is 5.97 Å². The molecule has 1 fully saturated rings. The van der Waals surface area contributed by atoms with E-state index in [1.54, 1.807) is 13.0 Å². The third kappa shape index (κ3) is 2.68. The molecule has 4 heteroatoms. The molecule has 98 valence electrons. The lowest BCUT2D eigenvalue weighted by molar-refractivity contribution is -0.137. The Morgan fingerprint density at radius 3 is 2.61 bits per heavy atom. The van der Waals surface area contributed by atoms with Gasteiger partial charge in [-0.25, -0.2) is 8.78 Å². The highest BCUT2D eigenvalue weighted by Gasteiger charge is 2.34. The van der Waals surface area contributed by atoms with E-state index in [1.165, 1.54) is 6.07 Å². The number of aryl methyl sites for hydroxylation is 1. The molecule has 2 nitrogen and oxygen atoms in total. The van der Waals surface area contributed by atoms with Crippen LogP contribution in [0.4, 0.5) is 8.78 Å². The standard InChI is InChI=1S/C14H16F2O2/c1-8-4-10(5-13(16)12(8)7-15)11(6-14(17)18)9-2-3-9/h4-5,9,11H,2-3,6-7H2,1H3,(H,17,18). The van der Waals surface area contributed by atoms with E-state index in [-0.39, 0.29) is 17.9 Å². The number of carboxylic acid groups (broad SMARTS) is 1. The van der Waals surface area contributed by atoms with Gasteiger partial charge < -0.3 is 5.11 Å². The Morgan fingerprint density at radius 1 is 1.50 bits per heavy atom. The average Bonchev–Trinajstić information content (AvgIpc) is 3.09. The van der Waals surface area contributed by atoms with Crippen LogP contribution >= 0.6 is 0 Å². The van der Waals surface area contributed by atoms with Crippen molar-refractivity contribution in [3.63, 3.8) is 0 Å². The lowest BCUT2D eigenvalue weighted by Gasteiger charge is -2.16. The maximum atomic E-state index is 13.7. The predicted molar refractivity (Wildman–Crippen MR) is 63.7 cm³/mol. The van der Waals surface area contributed by atoms with Crippen LogP contribution in [0.3, 0.4) is 0 Å². The van der Waals surface area contributed by atoms with Crippen molar-refractivity contribution in [1.29, 1.82) is 0 Å². The van der Waals surface area contributed by atoms with E-state index in [2.05, 4.69) is 0 Å². The molecule has 0 amide bonds. The van der Waals surface area contributed by atoms with Gasteiger partial charge in [0.05, 0.1) is 6.42 Å². The number of hydrogen-bond donors (Lipinski definition) is 1. The van der Waals surface area contributed by atoms with Crippen molar-refractivity contribution in [1.82, 2.24) is 0 Å². The zero-order chi connectivity index (χ0) is 13.3. The fraction of sp³-hybridized carbons (Fsp3) is 0.500. The Kier molecular flexibility index (Phi) is 3.64. The van der Waals surface area contributed by atoms with Crippen LogP contribution in [0.5, 0.6) is 0 Å². The van der Waals surface area contributed by atoms with E-state index in [4.69, 9.17) is 5.11 Å². The smallest absolute Gasteiger partial charge is 0.303 e. The van der Waals surface area contributed by atoms with Crippen LogP contribution in [0.1, 0.15) is 41.9 Å². The normalized spacial score (nSPS) is 16.6. The Balaban J connectivity index is 2.33. The minimum Gasteiger partial charge on any atom is -0.481 e. The molecule has 2 rings (SSSR count). The van der Waals surface area contributed by atoms with Gasteiger partial charge in [0, 0.05) is 5.56 Å². The summed E-state index contributed by atoms with van der Waals surface area (Å²) >= 11 is 0. The van der Waals surface area contributed by atoms with Gasteiger partial charge in [0.1, 0.15) is 12.5 Å². The van der Waals surface area contributed by atoms with Gasteiger partial charge in [0.15, 0.2) is 0 Å². The van der Waals surface area contributed by atoms with Gasteiger partial charge >= 0.3 is 5.97 Å². The molecule has 1 atom stereocenters. The first kappa shape index (κ1) is 13.0. The summed E-state index contributed by atoms with van der Waals surface area (Å²) in [5, 5.41) is 8.91. The highest BCUT2D eigenvalue weighted by Crippen LogP contribution is 2.45. The third-order valence-corrected chi connectivity index (χ3v) is 3.59. The molecule has 1 N–H and O–H groups in total. The zero-order valence-corrected chi connectivity index (χ0v) is 10.2. The average molecular weight is 254 g/mol. The number of aliphatic carboxylic acids is 1. The molecule has 1 aromatic carbocycles. The molecule has 1 aliphatic carbocycles. The fourth-order valence-corrected chi connectivity index (χ4v) is 2.43. The lowest BCUT2D eigenvalue weighted by Crippen LogP contribution is -2.09. The molecule has 1 saturated carbocycles. The number of carbonyl (C=O) groups is 1. The Morgan fingerprint density at radius 2 is 2.17 bits per heavy atom. The van der Waals surface area contributed by atoms with Crippen molar-refractivity contribution in [3.05, 3.63) is 34.6 Å². The van der Waals surface area contributed by atoms with Crippen molar-refractivity contribution in [2.75, 3.05) is 0 Å². The molecular weight excluding hydrogens is 238 g/mol. The quantitative estimate of drug-likeness (QED) is 0.872. The molecule has 1 aromatic rings. The van der Waals surface area contributed by atoms with Gasteiger partial charge in [-0.3, -0.25) is 4.79 Å². The van der Waals surface area contributed by atoms with Gasteiger partial charge in [-0.1, -0.05) is 6.07 Å². The van der Waals surface area contributed by atoms with E-state index in [0.29, 0.717) is 17.0 Å². The van der Waals surface area contributed by atoms with Crippen LogP contribution < -0.4 is 0 Å². The predicted octanol–water partition coefficient (Wildman–Crippen LogP) is 3.57. The van der Waals surface area contributed by atoms with E-state index in [1.807, 2.05) is 0 Å². The number of hydrogen-bond acceptors (Lipinski definition) is 1. The first-order valence-corrected chi connectivity index (χ1v) is 6.09. The van der Waals surface area contributed by atoms with Crippen LogP contribution in [0.25, 0.3) is 0 Å². The van der Waals surface area contributed by atoms with Gasteiger partial charge in [0.2, 0.25) is 0 Å². The monoisotopic (exact) mass is 254 g/mol. The second kappa shape index (κ2) is 5.04. The molecule has 0 aliphatic heterocycles. The number of alkyl halides is 1. The van der Waals surface area contributed by atoms with E-state index < -0.39 is 18.5 Å². The summed E-state index contributed by atoms with van der Waals surface area (Å²) in [6.07, 6.45) is 1.99. The number of benzene rings is 1. The largest absolute Gasteiger partial charge is 0.481 e. The summed E-state index contributed by atoms with van der Waals surface area (Å²) < 4.78 is 26.3. The molecule has 0 aromatic heterocycles. The van der Waals surface area contributed by atoms with Crippen LogP contribution in [-0.4, -0.2) is 11.1 Å². The second-order valence-corrected chi connectivity index (χ2v) is 4.97. The fourth-order valence-electron chi connectivity index (χ4n) is 2.43. The maximum Gasteiger partial charge on any atom is 0.303 e. The molecule has 0 bridgehead atoms. The van der Waals surface area contributed by atoms with Gasteiger partial charge in [-0.05, 0) is 48.8 Å². The molecular formula is C14H16F2O2. The van der Waals surface area contributed by atoms with E-state index in [0.717, 1.165) is 12.8 Å². The molecule has 1 unspecified atom stereocenters. The highest BCUT2D eigenvalue weighted by atomic mass is 19.1. The van der Waals surface area contributed by atoms with E-state index >= 15 is 0 Å². The molecule has 18 heavy (non-hydrogen) atoms. The van der Waals surface area contributed by atoms with Crippen LogP contribution in [0.2, 0.25) is 0 Å². The minimum absolute atomic E-state index is 0.0124. The third-order valence-electron chi connectivity index (χ3n) is 3.59. The number of carboxylic acids is 1. The second-order valence-electron chi connectivity index (χ2n) is 4.97. The molecule has 0 saturated heterocycles. The number of halogens is 2. The van der Waals surface area contributed by atoms with Crippen molar-refractivity contribution in [3.8, 4) is 0 Å². The molecule has 0 heterocycles. The summed E-state index contributed by atoms with van der Waals surface area (Å²) in [4.78, 5) is 10.9. The van der Waals surface area contributed by atoms with Gasteiger partial charge in [-0.2, -0.15) is 0 Å². The lowest BCUT2D eigenvalue weighted by atomic mass is 9.89. The first-order chi connectivity index (χ1) is 8.52. The zero-order valence-electron chi connectivity index (χ0n) is 10.2. The van der Waals surface area contributed by atoms with Crippen molar-refractivity contribution in [2.24, 2.45) is 5.92 Å². The highest BCUT2D eigenvalue weighted by molar-refractivity contribution is 5.68. The minimum atomic E-state index is -0.875. The first-order valence-electron chi connectivity index (χ1n) is 6.09. The molecule has 1 aliphatic rings. The van der Waals surface area contributed by atoms with Gasteiger partial charge in [-0.15, -0.1) is 0 Å². The van der Waals surface area contributed by atoms with Crippen LogP contribution in [0.15, 0.2) is 12.1 Å².